The molecular formula is C11H15NO3S. The summed E-state index contributed by atoms with van der Waals surface area (Å²) in [6.45, 7) is 1.79. The van der Waals surface area contributed by atoms with Gasteiger partial charge >= 0.3 is 0 Å². The number of hydrogen-bond acceptors (Lipinski definition) is 3. The highest BCUT2D eigenvalue weighted by molar-refractivity contribution is 7.91. The smallest absolute Gasteiger partial charge is 0.266 e. The molecule has 88 valence electrons. The van der Waals surface area contributed by atoms with Crippen LogP contribution in [0.15, 0.2) is 15.8 Å². The molecule has 0 saturated heterocycles. The van der Waals surface area contributed by atoms with Gasteiger partial charge in [-0.25, -0.2) is 8.42 Å². The molecule has 4 nitrogen and oxygen atoms in total. The molecule has 5 heteroatoms. The summed E-state index contributed by atoms with van der Waals surface area (Å²) in [6, 6.07) is 1.56. The van der Waals surface area contributed by atoms with Crippen LogP contribution in [-0.2, 0) is 22.7 Å². The van der Waals surface area contributed by atoms with Crippen LogP contribution in [0.1, 0.15) is 31.0 Å². The number of rotatable bonds is 3. The highest BCUT2D eigenvalue weighted by Gasteiger charge is 2.21. The van der Waals surface area contributed by atoms with Gasteiger partial charge in [-0.15, -0.1) is 0 Å². The normalized spacial score (nSPS) is 15.1. The van der Waals surface area contributed by atoms with Gasteiger partial charge in [0.1, 0.15) is 4.90 Å². The lowest BCUT2D eigenvalue weighted by Crippen LogP contribution is -2.21. The molecule has 0 spiro atoms. The van der Waals surface area contributed by atoms with Crippen molar-refractivity contribution in [3.63, 3.8) is 0 Å². The van der Waals surface area contributed by atoms with Crippen molar-refractivity contribution < 1.29 is 8.42 Å². The molecule has 0 amide bonds. The largest absolute Gasteiger partial charge is 0.325 e. The van der Waals surface area contributed by atoms with E-state index in [0.717, 1.165) is 30.5 Å². The molecular weight excluding hydrogens is 226 g/mol. The van der Waals surface area contributed by atoms with E-state index in [9.17, 15) is 13.2 Å². The van der Waals surface area contributed by atoms with Gasteiger partial charge in [0.25, 0.3) is 5.56 Å². The molecule has 0 fully saturated rings. The third-order valence-corrected chi connectivity index (χ3v) is 4.78. The molecule has 0 atom stereocenters. The molecule has 1 heterocycles. The molecule has 1 N–H and O–H groups in total. The summed E-state index contributed by atoms with van der Waals surface area (Å²) in [7, 11) is -3.41. The second-order valence-corrected chi connectivity index (χ2v) is 6.22. The minimum Gasteiger partial charge on any atom is -0.325 e. The number of fused-ring (bicyclic) bond motifs is 1. The first-order chi connectivity index (χ1) is 7.54. The number of pyridine rings is 1. The van der Waals surface area contributed by atoms with Crippen LogP contribution in [0, 0.1) is 0 Å². The van der Waals surface area contributed by atoms with Crippen LogP contribution in [0.25, 0.3) is 0 Å². The molecule has 1 aliphatic rings. The molecule has 0 aliphatic heterocycles. The highest BCUT2D eigenvalue weighted by atomic mass is 32.2. The van der Waals surface area contributed by atoms with Crippen molar-refractivity contribution in [2.45, 2.75) is 37.5 Å². The Morgan fingerprint density at radius 1 is 1.38 bits per heavy atom. The average molecular weight is 241 g/mol. The van der Waals surface area contributed by atoms with Gasteiger partial charge in [0.2, 0.25) is 0 Å². The third-order valence-electron chi connectivity index (χ3n) is 2.86. The van der Waals surface area contributed by atoms with Crippen LogP contribution < -0.4 is 5.56 Å². The Morgan fingerprint density at radius 2 is 2.12 bits per heavy atom. The number of sulfone groups is 1. The third kappa shape index (κ3) is 1.91. The lowest BCUT2D eigenvalue weighted by Gasteiger charge is -2.04. The molecule has 1 aliphatic carbocycles. The van der Waals surface area contributed by atoms with Gasteiger partial charge in [-0.3, -0.25) is 4.79 Å². The van der Waals surface area contributed by atoms with E-state index in [1.807, 2.05) is 0 Å². The number of aryl methyl sites for hydroxylation is 2. The van der Waals surface area contributed by atoms with Crippen LogP contribution in [0.3, 0.4) is 0 Å². The zero-order valence-electron chi connectivity index (χ0n) is 9.25. The van der Waals surface area contributed by atoms with Crippen molar-refractivity contribution in [1.29, 1.82) is 0 Å². The maximum Gasteiger partial charge on any atom is 0.266 e. The van der Waals surface area contributed by atoms with Gasteiger partial charge in [0.05, 0.1) is 5.75 Å². The van der Waals surface area contributed by atoms with Crippen molar-refractivity contribution in [2.75, 3.05) is 5.75 Å². The van der Waals surface area contributed by atoms with E-state index in [1.165, 1.54) is 0 Å². The van der Waals surface area contributed by atoms with Crippen molar-refractivity contribution >= 4 is 9.84 Å². The Bertz CT molecular complexity index is 557. The second-order valence-electron chi connectivity index (χ2n) is 4.14. The standard InChI is InChI=1S/C11H15NO3S/c1-2-6-16(14,15)10-7-8-4-3-5-9(8)12-11(10)13/h7H,2-6H2,1H3,(H,12,13). The number of hydrogen-bond donors (Lipinski definition) is 1. The van der Waals surface area contributed by atoms with E-state index < -0.39 is 15.4 Å². The fourth-order valence-electron chi connectivity index (χ4n) is 2.10. The van der Waals surface area contributed by atoms with Crippen LogP contribution >= 0.6 is 0 Å². The summed E-state index contributed by atoms with van der Waals surface area (Å²) in [4.78, 5) is 14.3. The maximum absolute atomic E-state index is 11.8. The number of aromatic nitrogens is 1. The molecule has 0 unspecified atom stereocenters. The summed E-state index contributed by atoms with van der Waals surface area (Å²) in [5.74, 6) is 0.0366. The van der Waals surface area contributed by atoms with E-state index >= 15 is 0 Å². The topological polar surface area (TPSA) is 67.0 Å². The van der Waals surface area contributed by atoms with Crippen molar-refractivity contribution in [2.24, 2.45) is 0 Å². The first kappa shape index (κ1) is 11.4. The lowest BCUT2D eigenvalue weighted by atomic mass is 10.2. The van der Waals surface area contributed by atoms with Gasteiger partial charge in [-0.2, -0.15) is 0 Å². The fourth-order valence-corrected chi connectivity index (χ4v) is 3.51. The van der Waals surface area contributed by atoms with E-state index in [1.54, 1.807) is 13.0 Å². The molecule has 16 heavy (non-hydrogen) atoms. The predicted molar refractivity (Wildman–Crippen MR) is 61.4 cm³/mol. The summed E-state index contributed by atoms with van der Waals surface area (Å²) >= 11 is 0. The zero-order valence-corrected chi connectivity index (χ0v) is 10.1. The van der Waals surface area contributed by atoms with Crippen LogP contribution in [-0.4, -0.2) is 19.2 Å². The van der Waals surface area contributed by atoms with Gasteiger partial charge in [-0.1, -0.05) is 6.92 Å². The summed E-state index contributed by atoms with van der Waals surface area (Å²) in [6.07, 6.45) is 3.22. The number of nitrogens with one attached hydrogen (secondary N) is 1. The molecule has 0 saturated carbocycles. The number of H-pyrrole nitrogens is 1. The summed E-state index contributed by atoms with van der Waals surface area (Å²) in [5, 5.41) is 0. The van der Waals surface area contributed by atoms with Gasteiger partial charge in [-0.05, 0) is 37.3 Å². The quantitative estimate of drug-likeness (QED) is 0.860. The molecule has 0 radical (unpaired) electrons. The highest BCUT2D eigenvalue weighted by Crippen LogP contribution is 2.20. The Balaban J connectivity index is 2.55. The van der Waals surface area contributed by atoms with Crippen LogP contribution in [0.2, 0.25) is 0 Å². The Hall–Kier alpha value is -1.10. The minimum absolute atomic E-state index is 0.0366. The van der Waals surface area contributed by atoms with Crippen molar-refractivity contribution in [3.05, 3.63) is 27.7 Å². The van der Waals surface area contributed by atoms with E-state index in [-0.39, 0.29) is 10.6 Å². The van der Waals surface area contributed by atoms with E-state index in [4.69, 9.17) is 0 Å². The minimum atomic E-state index is -3.41. The Morgan fingerprint density at radius 3 is 2.81 bits per heavy atom. The zero-order chi connectivity index (χ0) is 11.8. The van der Waals surface area contributed by atoms with E-state index in [0.29, 0.717) is 6.42 Å². The first-order valence-electron chi connectivity index (χ1n) is 5.52. The maximum atomic E-state index is 11.8. The van der Waals surface area contributed by atoms with Crippen molar-refractivity contribution in [1.82, 2.24) is 4.98 Å². The molecule has 0 aromatic carbocycles. The molecule has 1 aromatic rings. The Labute approximate surface area is 94.6 Å². The van der Waals surface area contributed by atoms with Gasteiger partial charge < -0.3 is 4.98 Å². The monoisotopic (exact) mass is 241 g/mol. The SMILES string of the molecule is CCCS(=O)(=O)c1cc2c([nH]c1=O)CCC2. The summed E-state index contributed by atoms with van der Waals surface area (Å²) < 4.78 is 23.7. The van der Waals surface area contributed by atoms with Gasteiger partial charge in [0, 0.05) is 5.69 Å². The fraction of sp³-hybridized carbons (Fsp3) is 0.545. The molecule has 0 bridgehead atoms. The van der Waals surface area contributed by atoms with Gasteiger partial charge in [0.15, 0.2) is 9.84 Å². The number of aromatic amines is 1. The first-order valence-corrected chi connectivity index (χ1v) is 7.17. The Kier molecular flexibility index (Phi) is 2.88. The van der Waals surface area contributed by atoms with Crippen LogP contribution in [0.4, 0.5) is 0 Å². The summed E-state index contributed by atoms with van der Waals surface area (Å²) in [5.41, 5.74) is 1.42. The van der Waals surface area contributed by atoms with Crippen molar-refractivity contribution in [3.8, 4) is 0 Å². The van der Waals surface area contributed by atoms with E-state index in [2.05, 4.69) is 4.98 Å². The second kappa shape index (κ2) is 4.05. The predicted octanol–water partition coefficient (Wildman–Crippen LogP) is 1.05. The molecule has 2 rings (SSSR count). The lowest BCUT2D eigenvalue weighted by molar-refractivity contribution is 0.593. The van der Waals surface area contributed by atoms with Crippen LogP contribution in [0.5, 0.6) is 0 Å². The molecule has 1 aromatic heterocycles. The average Bonchev–Trinajstić information content (AvgIpc) is 2.63.